The van der Waals surface area contributed by atoms with Crippen molar-refractivity contribution in [2.24, 2.45) is 5.92 Å². The fraction of sp³-hybridized carbons (Fsp3) is 0.389. The van der Waals surface area contributed by atoms with Crippen LogP contribution in [0.25, 0.3) is 0 Å². The van der Waals surface area contributed by atoms with Crippen LogP contribution in [0.4, 0.5) is 5.13 Å². The smallest absolute Gasteiger partial charge is 0.228 e. The molecule has 1 heterocycles. The van der Waals surface area contributed by atoms with Gasteiger partial charge in [0.1, 0.15) is 0 Å². The highest BCUT2D eigenvalue weighted by molar-refractivity contribution is 7.13. The average molecular weight is 361 g/mol. The Morgan fingerprint density at radius 1 is 1.24 bits per heavy atom. The van der Waals surface area contributed by atoms with Crippen molar-refractivity contribution in [2.45, 2.75) is 32.8 Å². The number of nitrogens with one attached hydrogen (secondary N) is 2. The van der Waals surface area contributed by atoms with Gasteiger partial charge in [0.15, 0.2) is 5.13 Å². The maximum Gasteiger partial charge on any atom is 0.228 e. The van der Waals surface area contributed by atoms with Crippen molar-refractivity contribution in [3.05, 3.63) is 47.0 Å². The molecule has 1 aromatic carbocycles. The molecule has 1 atom stereocenters. The molecule has 0 unspecified atom stereocenters. The molecule has 0 fully saturated rings. The van der Waals surface area contributed by atoms with Crippen LogP contribution < -0.4 is 10.6 Å². The van der Waals surface area contributed by atoms with Crippen LogP contribution in [0.5, 0.6) is 0 Å². The Morgan fingerprint density at radius 2 is 1.96 bits per heavy atom. The van der Waals surface area contributed by atoms with Crippen LogP contribution in [0.1, 0.15) is 37.6 Å². The van der Waals surface area contributed by atoms with Gasteiger partial charge >= 0.3 is 0 Å². The molecule has 0 aliphatic rings. The molecular weight excluding hydrogens is 338 g/mol. The number of hydrogen-bond acceptors (Lipinski definition) is 5. The van der Waals surface area contributed by atoms with Crippen LogP contribution in [-0.4, -0.2) is 28.4 Å². The van der Waals surface area contributed by atoms with Crippen LogP contribution in [-0.2, 0) is 16.0 Å². The lowest BCUT2D eigenvalue weighted by Crippen LogP contribution is -2.27. The van der Waals surface area contributed by atoms with Crippen molar-refractivity contribution in [1.29, 1.82) is 0 Å². The topological polar surface area (TPSA) is 91.3 Å². The van der Waals surface area contributed by atoms with E-state index in [9.17, 15) is 14.7 Å². The third kappa shape index (κ3) is 6.28. The number of aliphatic hydroxyl groups is 1. The maximum absolute atomic E-state index is 12.0. The van der Waals surface area contributed by atoms with Gasteiger partial charge in [-0.05, 0) is 12.0 Å². The lowest BCUT2D eigenvalue weighted by Gasteiger charge is -2.11. The van der Waals surface area contributed by atoms with Crippen molar-refractivity contribution in [3.63, 3.8) is 0 Å². The number of thiazole rings is 1. The Bertz CT molecular complexity index is 701. The molecule has 0 saturated carbocycles. The standard InChI is InChI=1S/C18H23N3O3S/c1-12(2)17(24)21-18-20-14(11-25-18)10-16(23)19-9-8-15(22)13-6-4-3-5-7-13/h3-7,11-12,15,22H,8-10H2,1-2H3,(H,19,23)(H,20,21,24)/t15-/m0/s1. The van der Waals surface area contributed by atoms with Gasteiger partial charge in [0.05, 0.1) is 18.2 Å². The van der Waals surface area contributed by atoms with Crippen LogP contribution in [0.15, 0.2) is 35.7 Å². The first kappa shape index (κ1) is 19.1. The highest BCUT2D eigenvalue weighted by atomic mass is 32.1. The molecule has 0 spiro atoms. The van der Waals surface area contributed by atoms with Gasteiger partial charge in [-0.15, -0.1) is 11.3 Å². The molecule has 1 aromatic heterocycles. The summed E-state index contributed by atoms with van der Waals surface area (Å²) in [5.41, 5.74) is 1.45. The minimum Gasteiger partial charge on any atom is -0.388 e. The first-order chi connectivity index (χ1) is 12.0. The van der Waals surface area contributed by atoms with Crippen molar-refractivity contribution >= 4 is 28.3 Å². The molecule has 0 aliphatic carbocycles. The summed E-state index contributed by atoms with van der Waals surface area (Å²) in [6, 6.07) is 9.34. The molecule has 0 aliphatic heterocycles. The summed E-state index contributed by atoms with van der Waals surface area (Å²) >= 11 is 1.30. The fourth-order valence-electron chi connectivity index (χ4n) is 2.11. The summed E-state index contributed by atoms with van der Waals surface area (Å²) in [7, 11) is 0. The number of benzene rings is 1. The summed E-state index contributed by atoms with van der Waals surface area (Å²) in [4.78, 5) is 27.8. The van der Waals surface area contributed by atoms with E-state index in [1.165, 1.54) is 11.3 Å². The molecule has 0 radical (unpaired) electrons. The van der Waals surface area contributed by atoms with Crippen LogP contribution >= 0.6 is 11.3 Å². The predicted octanol–water partition coefficient (Wildman–Crippen LogP) is 2.52. The SMILES string of the molecule is CC(C)C(=O)Nc1nc(CC(=O)NCC[C@H](O)c2ccccc2)cs1. The Hall–Kier alpha value is -2.25. The molecule has 2 amide bonds. The molecule has 7 heteroatoms. The minimum absolute atomic E-state index is 0.0970. The maximum atomic E-state index is 12.0. The van der Waals surface area contributed by atoms with E-state index in [2.05, 4.69) is 15.6 Å². The third-order valence-electron chi connectivity index (χ3n) is 3.57. The summed E-state index contributed by atoms with van der Waals surface area (Å²) in [6.45, 7) is 4.00. The largest absolute Gasteiger partial charge is 0.388 e. The molecular formula is C18H23N3O3S. The third-order valence-corrected chi connectivity index (χ3v) is 4.38. The second-order valence-electron chi connectivity index (χ2n) is 6.03. The molecule has 0 saturated heterocycles. The van der Waals surface area contributed by atoms with E-state index in [1.54, 1.807) is 19.2 Å². The average Bonchev–Trinajstić information content (AvgIpc) is 3.02. The number of carbonyl (C=O) groups is 2. The van der Waals surface area contributed by atoms with Crippen LogP contribution in [0.2, 0.25) is 0 Å². The number of aromatic nitrogens is 1. The van der Waals surface area contributed by atoms with Gasteiger partial charge in [-0.25, -0.2) is 4.98 Å². The number of aliphatic hydroxyl groups excluding tert-OH is 1. The summed E-state index contributed by atoms with van der Waals surface area (Å²) in [6.07, 6.45) is -0.00327. The monoisotopic (exact) mass is 361 g/mol. The summed E-state index contributed by atoms with van der Waals surface area (Å²) in [5.74, 6) is -0.376. The molecule has 2 aromatic rings. The molecule has 2 rings (SSSR count). The van der Waals surface area contributed by atoms with E-state index in [0.29, 0.717) is 23.8 Å². The number of nitrogens with zero attached hydrogens (tertiary/aromatic N) is 1. The van der Waals surface area contributed by atoms with Gasteiger partial charge in [-0.2, -0.15) is 0 Å². The van der Waals surface area contributed by atoms with Crippen molar-refractivity contribution < 1.29 is 14.7 Å². The number of carbonyl (C=O) groups excluding carboxylic acids is 2. The molecule has 6 nitrogen and oxygen atoms in total. The van der Waals surface area contributed by atoms with E-state index < -0.39 is 6.10 Å². The van der Waals surface area contributed by atoms with Gasteiger partial charge in [0.2, 0.25) is 11.8 Å². The first-order valence-electron chi connectivity index (χ1n) is 8.20. The van der Waals surface area contributed by atoms with Gasteiger partial charge in [-0.3, -0.25) is 9.59 Å². The number of hydrogen-bond donors (Lipinski definition) is 3. The number of anilines is 1. The zero-order chi connectivity index (χ0) is 18.2. The molecule has 134 valence electrons. The van der Waals surface area contributed by atoms with E-state index in [-0.39, 0.29) is 24.2 Å². The van der Waals surface area contributed by atoms with Gasteiger partial charge in [-0.1, -0.05) is 44.2 Å². The first-order valence-corrected chi connectivity index (χ1v) is 9.08. The molecule has 25 heavy (non-hydrogen) atoms. The zero-order valence-electron chi connectivity index (χ0n) is 14.4. The second kappa shape index (κ2) is 9.29. The van der Waals surface area contributed by atoms with Gasteiger partial charge in [0.25, 0.3) is 0 Å². The quantitative estimate of drug-likeness (QED) is 0.674. The number of amides is 2. The van der Waals surface area contributed by atoms with E-state index in [1.807, 2.05) is 30.3 Å². The molecule has 0 bridgehead atoms. The van der Waals surface area contributed by atoms with E-state index in [0.717, 1.165) is 5.56 Å². The predicted molar refractivity (Wildman–Crippen MR) is 98.3 cm³/mol. The van der Waals surface area contributed by atoms with Crippen LogP contribution in [0, 0.1) is 5.92 Å². The lowest BCUT2D eigenvalue weighted by molar-refractivity contribution is -0.120. The summed E-state index contributed by atoms with van der Waals surface area (Å²) in [5, 5.41) is 17.8. The Kier molecular flexibility index (Phi) is 7.09. The molecule has 3 N–H and O–H groups in total. The zero-order valence-corrected chi connectivity index (χ0v) is 15.2. The summed E-state index contributed by atoms with van der Waals surface area (Å²) < 4.78 is 0. The lowest BCUT2D eigenvalue weighted by atomic mass is 10.1. The normalized spacial score (nSPS) is 12.0. The van der Waals surface area contributed by atoms with E-state index >= 15 is 0 Å². The Labute approximate surface area is 151 Å². The Balaban J connectivity index is 1.73. The van der Waals surface area contributed by atoms with Crippen LogP contribution in [0.3, 0.4) is 0 Å². The Morgan fingerprint density at radius 3 is 2.64 bits per heavy atom. The fourth-order valence-corrected chi connectivity index (χ4v) is 2.83. The minimum atomic E-state index is -0.598. The van der Waals surface area contributed by atoms with Crippen molar-refractivity contribution in [2.75, 3.05) is 11.9 Å². The van der Waals surface area contributed by atoms with E-state index in [4.69, 9.17) is 0 Å². The highest BCUT2D eigenvalue weighted by Crippen LogP contribution is 2.17. The van der Waals surface area contributed by atoms with Crippen molar-refractivity contribution in [3.8, 4) is 0 Å². The van der Waals surface area contributed by atoms with Crippen molar-refractivity contribution in [1.82, 2.24) is 10.3 Å². The van der Waals surface area contributed by atoms with Gasteiger partial charge < -0.3 is 15.7 Å². The number of rotatable bonds is 8. The second-order valence-corrected chi connectivity index (χ2v) is 6.89. The highest BCUT2D eigenvalue weighted by Gasteiger charge is 2.12. The van der Waals surface area contributed by atoms with Gasteiger partial charge in [0, 0.05) is 17.8 Å².